The molecular formula is C21H21ClN4O3. The molecule has 3 rings (SSSR count). The first-order chi connectivity index (χ1) is 14.0. The Morgan fingerprint density at radius 1 is 1.14 bits per heavy atom. The van der Waals surface area contributed by atoms with Crippen molar-refractivity contribution in [3.63, 3.8) is 0 Å². The maximum absolute atomic E-state index is 13.0. The van der Waals surface area contributed by atoms with Crippen molar-refractivity contribution in [1.82, 2.24) is 10.5 Å². The van der Waals surface area contributed by atoms with Crippen LogP contribution in [0.25, 0.3) is 11.3 Å². The second kappa shape index (κ2) is 9.36. The monoisotopic (exact) mass is 412 g/mol. The Balaban J connectivity index is 1.87. The summed E-state index contributed by atoms with van der Waals surface area (Å²) in [6, 6.07) is 14.2. The number of rotatable bonds is 7. The largest absolute Gasteiger partial charge is 0.360 e. The highest BCUT2D eigenvalue weighted by Gasteiger charge is 2.23. The Labute approximate surface area is 173 Å². The molecule has 0 unspecified atom stereocenters. The Morgan fingerprint density at radius 3 is 2.62 bits per heavy atom. The predicted molar refractivity (Wildman–Crippen MR) is 112 cm³/mol. The molecule has 0 saturated carbocycles. The van der Waals surface area contributed by atoms with E-state index < -0.39 is 5.91 Å². The highest BCUT2D eigenvalue weighted by Crippen LogP contribution is 2.31. The summed E-state index contributed by atoms with van der Waals surface area (Å²) in [4.78, 5) is 25.1. The third-order valence-electron chi connectivity index (χ3n) is 4.30. The second-order valence-electron chi connectivity index (χ2n) is 6.37. The SMILES string of the molecule is Cc1onc(-c2ccccc2Cl)c1C(=O)Nc1ccccc1CC(=O)NCCN. The van der Waals surface area contributed by atoms with Gasteiger partial charge in [0.15, 0.2) is 0 Å². The molecule has 3 aromatic rings. The van der Waals surface area contributed by atoms with Crippen molar-refractivity contribution in [2.24, 2.45) is 5.73 Å². The van der Waals surface area contributed by atoms with Gasteiger partial charge in [-0.3, -0.25) is 9.59 Å². The molecule has 0 fully saturated rings. The van der Waals surface area contributed by atoms with Crippen molar-refractivity contribution in [1.29, 1.82) is 0 Å². The summed E-state index contributed by atoms with van der Waals surface area (Å²) in [6.07, 6.45) is 0.121. The van der Waals surface area contributed by atoms with E-state index in [2.05, 4.69) is 15.8 Å². The number of carbonyl (C=O) groups excluding carboxylic acids is 2. The molecule has 0 aliphatic heterocycles. The standard InChI is InChI=1S/C21H21ClN4O3/c1-13-19(20(26-29-13)15-7-3-4-8-16(15)22)21(28)25-17-9-5-2-6-14(17)12-18(27)24-11-10-23/h2-9H,10-12,23H2,1H3,(H,24,27)(H,25,28). The van der Waals surface area contributed by atoms with Gasteiger partial charge in [0.05, 0.1) is 11.4 Å². The minimum absolute atomic E-state index is 0.121. The van der Waals surface area contributed by atoms with Gasteiger partial charge in [-0.15, -0.1) is 0 Å². The molecule has 2 aromatic carbocycles. The number of para-hydroxylation sites is 1. The van der Waals surface area contributed by atoms with E-state index in [1.54, 1.807) is 49.4 Å². The van der Waals surface area contributed by atoms with Crippen LogP contribution < -0.4 is 16.4 Å². The van der Waals surface area contributed by atoms with E-state index in [1.165, 1.54) is 0 Å². The van der Waals surface area contributed by atoms with Crippen LogP contribution in [-0.4, -0.2) is 30.1 Å². The van der Waals surface area contributed by atoms with E-state index in [9.17, 15) is 9.59 Å². The molecule has 7 nitrogen and oxygen atoms in total. The van der Waals surface area contributed by atoms with Crippen LogP contribution in [0.2, 0.25) is 5.02 Å². The molecule has 0 bridgehead atoms. The molecule has 150 valence electrons. The average molecular weight is 413 g/mol. The van der Waals surface area contributed by atoms with Gasteiger partial charge in [0.2, 0.25) is 5.91 Å². The van der Waals surface area contributed by atoms with Crippen molar-refractivity contribution < 1.29 is 14.1 Å². The number of anilines is 1. The molecule has 0 radical (unpaired) electrons. The van der Waals surface area contributed by atoms with Crippen molar-refractivity contribution in [3.8, 4) is 11.3 Å². The quantitative estimate of drug-likeness (QED) is 0.552. The highest BCUT2D eigenvalue weighted by atomic mass is 35.5. The van der Waals surface area contributed by atoms with Crippen molar-refractivity contribution >= 4 is 29.1 Å². The fourth-order valence-electron chi connectivity index (χ4n) is 2.90. The average Bonchev–Trinajstić information content (AvgIpc) is 3.09. The maximum atomic E-state index is 13.0. The summed E-state index contributed by atoms with van der Waals surface area (Å²) >= 11 is 6.26. The van der Waals surface area contributed by atoms with E-state index in [0.29, 0.717) is 51.9 Å². The number of benzene rings is 2. The number of nitrogens with two attached hydrogens (primary N) is 1. The number of hydrogen-bond donors (Lipinski definition) is 3. The lowest BCUT2D eigenvalue weighted by atomic mass is 10.0. The first kappa shape index (κ1) is 20.6. The Hall–Kier alpha value is -3.16. The number of amides is 2. The van der Waals surface area contributed by atoms with Crippen LogP contribution in [0.3, 0.4) is 0 Å². The van der Waals surface area contributed by atoms with Gasteiger partial charge < -0.3 is 20.9 Å². The Kier molecular flexibility index (Phi) is 6.64. The zero-order valence-electron chi connectivity index (χ0n) is 15.9. The molecule has 0 saturated heterocycles. The van der Waals surface area contributed by atoms with E-state index in [4.69, 9.17) is 21.9 Å². The summed E-state index contributed by atoms with van der Waals surface area (Å²) in [6.45, 7) is 2.42. The maximum Gasteiger partial charge on any atom is 0.261 e. The van der Waals surface area contributed by atoms with Crippen molar-refractivity contribution in [2.75, 3.05) is 18.4 Å². The molecule has 0 aliphatic rings. The van der Waals surface area contributed by atoms with Crippen molar-refractivity contribution in [2.45, 2.75) is 13.3 Å². The van der Waals surface area contributed by atoms with Gasteiger partial charge in [-0.25, -0.2) is 0 Å². The first-order valence-corrected chi connectivity index (χ1v) is 9.46. The molecule has 8 heteroatoms. The minimum Gasteiger partial charge on any atom is -0.360 e. The molecule has 1 heterocycles. The van der Waals surface area contributed by atoms with Gasteiger partial charge in [-0.1, -0.05) is 53.2 Å². The number of nitrogens with one attached hydrogen (secondary N) is 2. The van der Waals surface area contributed by atoms with E-state index in [1.807, 2.05) is 6.07 Å². The lowest BCUT2D eigenvalue weighted by Gasteiger charge is -2.12. The van der Waals surface area contributed by atoms with Gasteiger partial charge >= 0.3 is 0 Å². The normalized spacial score (nSPS) is 10.6. The third kappa shape index (κ3) is 4.82. The van der Waals surface area contributed by atoms with Crippen LogP contribution >= 0.6 is 11.6 Å². The molecule has 29 heavy (non-hydrogen) atoms. The zero-order chi connectivity index (χ0) is 20.8. The summed E-state index contributed by atoms with van der Waals surface area (Å²) in [5.74, 6) is -0.195. The molecule has 2 amide bonds. The fourth-order valence-corrected chi connectivity index (χ4v) is 3.13. The Morgan fingerprint density at radius 2 is 1.86 bits per heavy atom. The highest BCUT2D eigenvalue weighted by molar-refractivity contribution is 6.33. The number of nitrogens with zero attached hydrogens (tertiary/aromatic N) is 1. The number of hydrogen-bond acceptors (Lipinski definition) is 5. The predicted octanol–water partition coefficient (Wildman–Crippen LogP) is 3.17. The van der Waals surface area contributed by atoms with Crippen LogP contribution in [0, 0.1) is 6.92 Å². The van der Waals surface area contributed by atoms with Gasteiger partial charge in [0.1, 0.15) is 17.0 Å². The van der Waals surface area contributed by atoms with E-state index in [-0.39, 0.29) is 12.3 Å². The lowest BCUT2D eigenvalue weighted by Crippen LogP contribution is -2.30. The van der Waals surface area contributed by atoms with Crippen molar-refractivity contribution in [3.05, 3.63) is 70.4 Å². The van der Waals surface area contributed by atoms with Crippen LogP contribution in [0.5, 0.6) is 0 Å². The van der Waals surface area contributed by atoms with Gasteiger partial charge in [-0.05, 0) is 24.6 Å². The summed E-state index contributed by atoms with van der Waals surface area (Å²) in [5, 5.41) is 10.1. The number of carbonyl (C=O) groups is 2. The smallest absolute Gasteiger partial charge is 0.261 e. The summed E-state index contributed by atoms with van der Waals surface area (Å²) < 4.78 is 5.26. The lowest BCUT2D eigenvalue weighted by molar-refractivity contribution is -0.120. The molecule has 4 N–H and O–H groups in total. The van der Waals surface area contributed by atoms with E-state index >= 15 is 0 Å². The van der Waals surface area contributed by atoms with Crippen LogP contribution in [0.4, 0.5) is 5.69 Å². The van der Waals surface area contributed by atoms with Gasteiger partial charge in [-0.2, -0.15) is 0 Å². The zero-order valence-corrected chi connectivity index (χ0v) is 16.6. The third-order valence-corrected chi connectivity index (χ3v) is 4.63. The molecule has 0 aliphatic carbocycles. The van der Waals surface area contributed by atoms with Crippen LogP contribution in [0.15, 0.2) is 53.1 Å². The molecule has 0 spiro atoms. The Bertz CT molecular complexity index is 1030. The van der Waals surface area contributed by atoms with Crippen LogP contribution in [0.1, 0.15) is 21.7 Å². The number of halogens is 1. The second-order valence-corrected chi connectivity index (χ2v) is 6.78. The van der Waals surface area contributed by atoms with Gasteiger partial charge in [0.25, 0.3) is 5.91 Å². The summed E-state index contributed by atoms with van der Waals surface area (Å²) in [7, 11) is 0. The minimum atomic E-state index is -0.395. The summed E-state index contributed by atoms with van der Waals surface area (Å²) in [5.41, 5.74) is 7.89. The molecular weight excluding hydrogens is 392 g/mol. The molecule has 1 aromatic heterocycles. The van der Waals surface area contributed by atoms with Gasteiger partial charge in [0, 0.05) is 24.3 Å². The first-order valence-electron chi connectivity index (χ1n) is 9.08. The molecule has 0 atom stereocenters. The fraction of sp³-hybridized carbons (Fsp3) is 0.190. The topological polar surface area (TPSA) is 110 Å². The number of aryl methyl sites for hydroxylation is 1. The van der Waals surface area contributed by atoms with E-state index in [0.717, 1.165) is 0 Å². The number of aromatic nitrogens is 1. The van der Waals surface area contributed by atoms with Crippen LogP contribution in [-0.2, 0) is 11.2 Å².